The van der Waals surface area contributed by atoms with Gasteiger partial charge in [0.05, 0.1) is 5.69 Å². The van der Waals surface area contributed by atoms with E-state index >= 15 is 0 Å². The van der Waals surface area contributed by atoms with Crippen LogP contribution in [-0.2, 0) is 0 Å². The fourth-order valence-electron chi connectivity index (χ4n) is 9.83. The van der Waals surface area contributed by atoms with Gasteiger partial charge in [-0.15, -0.1) is 0 Å². The number of hydrogen-bond acceptors (Lipinski definition) is 2. The molecule has 0 atom stereocenters. The Hall–Kier alpha value is -8.72. The molecule has 0 radical (unpaired) electrons. The SMILES string of the molecule is c1ccc(-c2ccc(N(c3ccc(-c4cccc5c4oc4ccccc45)cc3)c3ccc(-c4cccc(-c5ccccc5)c4-c4ccccc4-c4ccccc4)c4ccccc34)cc2)cc1. The zero-order valence-corrected chi connectivity index (χ0v) is 36.2. The third kappa shape index (κ3) is 6.93. The van der Waals surface area contributed by atoms with E-state index in [1.54, 1.807) is 0 Å². The monoisotopic (exact) mass is 841 g/mol. The Kier molecular flexibility index (Phi) is 9.89. The highest BCUT2D eigenvalue weighted by atomic mass is 16.3. The van der Waals surface area contributed by atoms with Crippen LogP contribution in [0.4, 0.5) is 17.1 Å². The van der Waals surface area contributed by atoms with Crippen LogP contribution in [0.5, 0.6) is 0 Å². The number of rotatable bonds is 9. The maximum Gasteiger partial charge on any atom is 0.143 e. The van der Waals surface area contributed by atoms with Crippen LogP contribution in [0.25, 0.3) is 99.5 Å². The van der Waals surface area contributed by atoms with Crippen LogP contribution in [0.15, 0.2) is 265 Å². The molecule has 66 heavy (non-hydrogen) atoms. The van der Waals surface area contributed by atoms with Gasteiger partial charge in [0.25, 0.3) is 0 Å². The lowest BCUT2D eigenvalue weighted by atomic mass is 9.83. The average molecular weight is 842 g/mol. The molecule has 1 aromatic heterocycles. The molecule has 0 fully saturated rings. The van der Waals surface area contributed by atoms with Gasteiger partial charge in [-0.3, -0.25) is 0 Å². The van der Waals surface area contributed by atoms with Gasteiger partial charge in [-0.2, -0.15) is 0 Å². The molecular formula is C64H43NO. The first-order valence-electron chi connectivity index (χ1n) is 22.6. The molecule has 0 amide bonds. The molecule has 11 aromatic carbocycles. The highest BCUT2D eigenvalue weighted by molar-refractivity contribution is 6.11. The third-order valence-corrected chi connectivity index (χ3v) is 12.9. The number of nitrogens with zero attached hydrogens (tertiary/aromatic N) is 1. The van der Waals surface area contributed by atoms with Crippen LogP contribution < -0.4 is 4.90 Å². The number of furan rings is 1. The molecular weight excluding hydrogens is 799 g/mol. The summed E-state index contributed by atoms with van der Waals surface area (Å²) in [6.07, 6.45) is 0. The van der Waals surface area contributed by atoms with E-state index in [1.807, 2.05) is 12.1 Å². The molecule has 12 aromatic rings. The topological polar surface area (TPSA) is 16.4 Å². The number of benzene rings is 11. The van der Waals surface area contributed by atoms with Crippen LogP contribution in [0.3, 0.4) is 0 Å². The standard InChI is InChI=1S/C64H43NO/c1-4-18-44(19-5-1)45-34-38-49(39-35-45)65(50-40-36-48(37-41-50)53-30-17-32-60-57-27-14-15-33-62(57)66-64(53)60)61-43-42-55(54-25-11-12-26-56(54)61)59-31-16-29-52(47-22-8-3-9-23-47)63(59)58-28-13-10-24-51(58)46-20-6-2-7-21-46/h1-43H. The van der Waals surface area contributed by atoms with Gasteiger partial charge in [-0.25, -0.2) is 0 Å². The molecule has 0 spiro atoms. The summed E-state index contributed by atoms with van der Waals surface area (Å²) >= 11 is 0. The molecule has 2 heteroatoms. The summed E-state index contributed by atoms with van der Waals surface area (Å²) in [5.41, 5.74) is 19.1. The lowest BCUT2D eigenvalue weighted by molar-refractivity contribution is 0.670. The van der Waals surface area contributed by atoms with Crippen LogP contribution in [0.2, 0.25) is 0 Å². The second kappa shape index (κ2) is 16.8. The van der Waals surface area contributed by atoms with E-state index in [2.05, 4.69) is 254 Å². The van der Waals surface area contributed by atoms with Gasteiger partial charge in [-0.05, 0) is 103 Å². The Bertz CT molecular complexity index is 3670. The molecule has 0 saturated heterocycles. The third-order valence-electron chi connectivity index (χ3n) is 12.9. The number of para-hydroxylation sites is 2. The van der Waals surface area contributed by atoms with Gasteiger partial charge >= 0.3 is 0 Å². The van der Waals surface area contributed by atoms with Crippen molar-refractivity contribution in [1.82, 2.24) is 0 Å². The smallest absolute Gasteiger partial charge is 0.143 e. The zero-order valence-electron chi connectivity index (χ0n) is 36.2. The minimum absolute atomic E-state index is 0.899. The van der Waals surface area contributed by atoms with Gasteiger partial charge in [0.2, 0.25) is 0 Å². The predicted octanol–water partition coefficient (Wildman–Crippen LogP) is 18.2. The minimum Gasteiger partial charge on any atom is -0.455 e. The summed E-state index contributed by atoms with van der Waals surface area (Å²) in [6.45, 7) is 0. The summed E-state index contributed by atoms with van der Waals surface area (Å²) in [5.74, 6) is 0. The van der Waals surface area contributed by atoms with Crippen molar-refractivity contribution in [2.75, 3.05) is 4.90 Å². The molecule has 0 aliphatic rings. The summed E-state index contributed by atoms with van der Waals surface area (Å²) in [4.78, 5) is 2.40. The van der Waals surface area contributed by atoms with Gasteiger partial charge in [0.1, 0.15) is 11.2 Å². The highest BCUT2D eigenvalue weighted by Crippen LogP contribution is 2.48. The summed E-state index contributed by atoms with van der Waals surface area (Å²) < 4.78 is 6.49. The van der Waals surface area contributed by atoms with Crippen LogP contribution >= 0.6 is 0 Å². The lowest BCUT2D eigenvalue weighted by Crippen LogP contribution is -2.10. The molecule has 0 saturated carbocycles. The Morgan fingerprint density at radius 2 is 0.697 bits per heavy atom. The first-order valence-corrected chi connectivity index (χ1v) is 22.6. The van der Waals surface area contributed by atoms with Crippen LogP contribution in [0.1, 0.15) is 0 Å². The van der Waals surface area contributed by atoms with Crippen molar-refractivity contribution < 1.29 is 4.42 Å². The Labute approximate surface area is 384 Å². The second-order valence-electron chi connectivity index (χ2n) is 16.8. The fraction of sp³-hybridized carbons (Fsp3) is 0. The van der Waals surface area contributed by atoms with E-state index < -0.39 is 0 Å². The van der Waals surface area contributed by atoms with E-state index in [-0.39, 0.29) is 0 Å². The summed E-state index contributed by atoms with van der Waals surface area (Å²) in [5, 5.41) is 4.59. The molecule has 0 aliphatic carbocycles. The Morgan fingerprint density at radius 3 is 1.39 bits per heavy atom. The van der Waals surface area contributed by atoms with Crippen molar-refractivity contribution in [1.29, 1.82) is 0 Å². The van der Waals surface area contributed by atoms with Crippen LogP contribution in [0, 0.1) is 0 Å². The van der Waals surface area contributed by atoms with Crippen molar-refractivity contribution in [2.24, 2.45) is 0 Å². The van der Waals surface area contributed by atoms with E-state index in [9.17, 15) is 0 Å². The van der Waals surface area contributed by atoms with Crippen molar-refractivity contribution in [3.63, 3.8) is 0 Å². The molecule has 2 nitrogen and oxygen atoms in total. The molecule has 12 rings (SSSR count). The van der Waals surface area contributed by atoms with Crippen molar-refractivity contribution in [3.8, 4) is 66.8 Å². The van der Waals surface area contributed by atoms with E-state index in [1.165, 1.54) is 61.0 Å². The minimum atomic E-state index is 0.899. The van der Waals surface area contributed by atoms with Gasteiger partial charge in [-0.1, -0.05) is 224 Å². The fourth-order valence-corrected chi connectivity index (χ4v) is 9.83. The number of fused-ring (bicyclic) bond motifs is 4. The second-order valence-corrected chi connectivity index (χ2v) is 16.8. The largest absolute Gasteiger partial charge is 0.455 e. The Morgan fingerprint density at radius 1 is 0.242 bits per heavy atom. The van der Waals surface area contributed by atoms with E-state index in [0.717, 1.165) is 55.5 Å². The molecule has 1 heterocycles. The van der Waals surface area contributed by atoms with E-state index in [4.69, 9.17) is 4.42 Å². The normalized spacial score (nSPS) is 11.3. The van der Waals surface area contributed by atoms with Crippen molar-refractivity contribution in [3.05, 3.63) is 261 Å². The Balaban J connectivity index is 1.04. The quantitative estimate of drug-likeness (QED) is 0.144. The molecule has 0 aliphatic heterocycles. The van der Waals surface area contributed by atoms with Crippen molar-refractivity contribution >= 4 is 49.8 Å². The molecule has 0 unspecified atom stereocenters. The summed E-state index contributed by atoms with van der Waals surface area (Å²) in [6, 6.07) is 93.9. The highest BCUT2D eigenvalue weighted by Gasteiger charge is 2.22. The zero-order chi connectivity index (χ0) is 43.8. The lowest BCUT2D eigenvalue weighted by Gasteiger charge is -2.28. The van der Waals surface area contributed by atoms with Gasteiger partial charge in [0.15, 0.2) is 0 Å². The average Bonchev–Trinajstić information content (AvgIpc) is 3.79. The molecule has 310 valence electrons. The first-order chi connectivity index (χ1) is 32.8. The van der Waals surface area contributed by atoms with E-state index in [0.29, 0.717) is 0 Å². The maximum atomic E-state index is 6.49. The number of anilines is 3. The van der Waals surface area contributed by atoms with Crippen LogP contribution in [-0.4, -0.2) is 0 Å². The summed E-state index contributed by atoms with van der Waals surface area (Å²) in [7, 11) is 0. The van der Waals surface area contributed by atoms with Gasteiger partial charge in [0, 0.05) is 33.1 Å². The van der Waals surface area contributed by atoms with Gasteiger partial charge < -0.3 is 9.32 Å². The molecule has 0 N–H and O–H groups in total. The van der Waals surface area contributed by atoms with Crippen molar-refractivity contribution in [2.45, 2.75) is 0 Å². The number of hydrogen-bond donors (Lipinski definition) is 0. The maximum absolute atomic E-state index is 6.49. The molecule has 0 bridgehead atoms. The predicted molar refractivity (Wildman–Crippen MR) is 279 cm³/mol. The first kappa shape index (κ1) is 38.9.